The minimum atomic E-state index is -1.06. The molecule has 1 heterocycles. The Morgan fingerprint density at radius 2 is 1.70 bits per heavy atom. The van der Waals surface area contributed by atoms with E-state index in [4.69, 9.17) is 9.31 Å². The second-order valence-electron chi connectivity index (χ2n) is 5.93. The molecule has 0 radical (unpaired) electrons. The fourth-order valence-corrected chi connectivity index (χ4v) is 2.07. The minimum Gasteiger partial charge on any atom is -0.460 e. The number of alkyl halides is 1. The highest BCUT2D eigenvalue weighted by atomic mass is 19.1. The van der Waals surface area contributed by atoms with E-state index < -0.39 is 31.0 Å². The summed E-state index contributed by atoms with van der Waals surface area (Å²) >= 11 is 0. The summed E-state index contributed by atoms with van der Waals surface area (Å²) in [4.78, 5) is 0. The number of rotatable bonds is 3. The first kappa shape index (κ1) is 15.3. The normalized spacial score (nSPS) is 20.2. The second-order valence-corrected chi connectivity index (χ2v) is 5.93. The van der Waals surface area contributed by atoms with Crippen molar-refractivity contribution in [2.45, 2.75) is 45.8 Å². The molecule has 1 fully saturated rings. The van der Waals surface area contributed by atoms with Crippen LogP contribution in [0.15, 0.2) is 12.1 Å². The highest BCUT2D eigenvalue weighted by Crippen LogP contribution is 2.37. The van der Waals surface area contributed by atoms with Crippen molar-refractivity contribution in [3.05, 3.63) is 23.5 Å². The molecule has 0 aliphatic carbocycles. The lowest BCUT2D eigenvalue weighted by molar-refractivity contribution is 0.00578. The summed E-state index contributed by atoms with van der Waals surface area (Å²) < 4.78 is 42.6. The zero-order valence-corrected chi connectivity index (χ0v) is 12.4. The molecule has 0 unspecified atom stereocenters. The van der Waals surface area contributed by atoms with Gasteiger partial charge in [0, 0.05) is 0 Å². The molecule has 2 rings (SSSR count). The van der Waals surface area contributed by atoms with E-state index in [0.717, 1.165) is 0 Å². The number of hydrogen-bond acceptors (Lipinski definition) is 3. The van der Waals surface area contributed by atoms with Crippen molar-refractivity contribution in [1.82, 2.24) is 0 Å². The summed E-state index contributed by atoms with van der Waals surface area (Å²) in [5.41, 5.74) is -0.0505. The number of halogens is 2. The third-order valence-electron chi connectivity index (χ3n) is 4.11. The van der Waals surface area contributed by atoms with Gasteiger partial charge in [-0.05, 0) is 51.7 Å². The summed E-state index contributed by atoms with van der Waals surface area (Å²) in [5, 5.41) is 0. The molecular weight excluding hydrogens is 265 g/mol. The van der Waals surface area contributed by atoms with Gasteiger partial charge in [-0.2, -0.15) is 0 Å². The molecule has 0 atom stereocenters. The highest BCUT2D eigenvalue weighted by Gasteiger charge is 2.52. The summed E-state index contributed by atoms with van der Waals surface area (Å²) in [6.45, 7) is 8.25. The van der Waals surface area contributed by atoms with E-state index in [0.29, 0.717) is 11.0 Å². The predicted molar refractivity (Wildman–Crippen MR) is 73.5 cm³/mol. The van der Waals surface area contributed by atoms with Gasteiger partial charge < -0.3 is 14.0 Å². The fraction of sp³-hybridized carbons (Fsp3) is 0.571. The topological polar surface area (TPSA) is 27.7 Å². The first-order valence-electron chi connectivity index (χ1n) is 6.53. The van der Waals surface area contributed by atoms with Crippen molar-refractivity contribution in [2.24, 2.45) is 0 Å². The van der Waals surface area contributed by atoms with Gasteiger partial charge in [0.05, 0.1) is 11.2 Å². The van der Waals surface area contributed by atoms with Gasteiger partial charge in [0.25, 0.3) is 0 Å². The van der Waals surface area contributed by atoms with Gasteiger partial charge in [0.1, 0.15) is 0 Å². The van der Waals surface area contributed by atoms with Crippen molar-refractivity contribution in [3.63, 3.8) is 0 Å². The number of benzene rings is 1. The average molecular weight is 284 g/mol. The SMILES string of the molecule is Cc1c(B2OC(C)(C)C(C)(C)O2)ccc(OCF)c1F. The van der Waals surface area contributed by atoms with Gasteiger partial charge >= 0.3 is 7.12 Å². The molecular formula is C14H19BF2O3. The number of hydrogen-bond donors (Lipinski definition) is 0. The van der Waals surface area contributed by atoms with Crippen LogP contribution in [-0.2, 0) is 9.31 Å². The molecule has 6 heteroatoms. The maximum atomic E-state index is 14.1. The lowest BCUT2D eigenvalue weighted by Crippen LogP contribution is -2.41. The van der Waals surface area contributed by atoms with E-state index >= 15 is 0 Å². The highest BCUT2D eigenvalue weighted by molar-refractivity contribution is 6.62. The van der Waals surface area contributed by atoms with Crippen LogP contribution in [0.5, 0.6) is 5.75 Å². The average Bonchev–Trinajstić information content (AvgIpc) is 2.55. The third-order valence-corrected chi connectivity index (χ3v) is 4.11. The zero-order valence-electron chi connectivity index (χ0n) is 12.4. The van der Waals surface area contributed by atoms with Crippen molar-refractivity contribution < 1.29 is 22.8 Å². The van der Waals surface area contributed by atoms with Crippen molar-refractivity contribution in [2.75, 3.05) is 6.86 Å². The Bertz CT molecular complexity index is 501. The van der Waals surface area contributed by atoms with E-state index in [1.165, 1.54) is 6.07 Å². The Balaban J connectivity index is 2.34. The van der Waals surface area contributed by atoms with Gasteiger partial charge in [-0.15, -0.1) is 0 Å². The molecule has 0 aromatic heterocycles. The molecule has 0 bridgehead atoms. The van der Waals surface area contributed by atoms with Crippen LogP contribution < -0.4 is 10.2 Å². The van der Waals surface area contributed by atoms with Crippen LogP contribution in [0.3, 0.4) is 0 Å². The Kier molecular flexibility index (Phi) is 3.82. The monoisotopic (exact) mass is 284 g/mol. The summed E-state index contributed by atoms with van der Waals surface area (Å²) in [7, 11) is -0.645. The molecule has 0 N–H and O–H groups in total. The van der Waals surface area contributed by atoms with Gasteiger partial charge in [-0.25, -0.2) is 8.78 Å². The molecule has 20 heavy (non-hydrogen) atoms. The second kappa shape index (κ2) is 5.00. The van der Waals surface area contributed by atoms with Gasteiger partial charge in [0.15, 0.2) is 11.6 Å². The lowest BCUT2D eigenvalue weighted by atomic mass is 9.76. The molecule has 1 aromatic carbocycles. The van der Waals surface area contributed by atoms with Crippen LogP contribution in [0.1, 0.15) is 33.3 Å². The summed E-state index contributed by atoms with van der Waals surface area (Å²) in [6, 6.07) is 3.04. The van der Waals surface area contributed by atoms with Crippen LogP contribution >= 0.6 is 0 Å². The molecule has 1 aromatic rings. The van der Waals surface area contributed by atoms with E-state index in [2.05, 4.69) is 4.74 Å². The largest absolute Gasteiger partial charge is 0.495 e. The van der Waals surface area contributed by atoms with Crippen LogP contribution in [0.25, 0.3) is 0 Å². The van der Waals surface area contributed by atoms with E-state index in [-0.39, 0.29) is 5.75 Å². The Morgan fingerprint density at radius 3 is 2.20 bits per heavy atom. The molecule has 1 aliphatic heterocycles. The first-order valence-corrected chi connectivity index (χ1v) is 6.53. The van der Waals surface area contributed by atoms with Crippen LogP contribution in [-0.4, -0.2) is 25.2 Å². The van der Waals surface area contributed by atoms with E-state index in [9.17, 15) is 8.78 Å². The zero-order chi connectivity index (χ0) is 15.1. The first-order chi connectivity index (χ1) is 9.19. The standard InChI is InChI=1S/C14H19BF2O3/c1-9-10(6-7-11(12(9)17)18-8-16)15-19-13(2,3)14(4,5)20-15/h6-7H,8H2,1-5H3. The molecule has 1 aliphatic rings. The molecule has 110 valence electrons. The molecule has 0 amide bonds. The maximum Gasteiger partial charge on any atom is 0.495 e. The van der Waals surface area contributed by atoms with Crippen molar-refractivity contribution in [1.29, 1.82) is 0 Å². The minimum absolute atomic E-state index is 0.106. The third kappa shape index (κ3) is 2.42. The van der Waals surface area contributed by atoms with Gasteiger partial charge in [-0.1, -0.05) is 6.07 Å². The molecule has 0 spiro atoms. The Hall–Kier alpha value is -1.14. The molecule has 3 nitrogen and oxygen atoms in total. The molecule has 0 saturated carbocycles. The van der Waals surface area contributed by atoms with Gasteiger partial charge in [-0.3, -0.25) is 0 Å². The fourth-order valence-electron chi connectivity index (χ4n) is 2.07. The summed E-state index contributed by atoms with van der Waals surface area (Å²) in [5.74, 6) is -0.694. The smallest absolute Gasteiger partial charge is 0.460 e. The quantitative estimate of drug-likeness (QED) is 0.799. The van der Waals surface area contributed by atoms with Crippen LogP contribution in [0, 0.1) is 12.7 Å². The summed E-state index contributed by atoms with van der Waals surface area (Å²) in [6.07, 6.45) is 0. The van der Waals surface area contributed by atoms with E-state index in [1.807, 2.05) is 27.7 Å². The van der Waals surface area contributed by atoms with Crippen molar-refractivity contribution >= 4 is 12.6 Å². The lowest BCUT2D eigenvalue weighted by Gasteiger charge is -2.32. The van der Waals surface area contributed by atoms with E-state index in [1.54, 1.807) is 13.0 Å². The van der Waals surface area contributed by atoms with Crippen molar-refractivity contribution in [3.8, 4) is 5.75 Å². The molecule has 1 saturated heterocycles. The maximum absolute atomic E-state index is 14.1. The van der Waals surface area contributed by atoms with Crippen LogP contribution in [0.2, 0.25) is 0 Å². The van der Waals surface area contributed by atoms with Gasteiger partial charge in [0.2, 0.25) is 6.86 Å². The number of ether oxygens (including phenoxy) is 1. The van der Waals surface area contributed by atoms with Crippen LogP contribution in [0.4, 0.5) is 8.78 Å². The predicted octanol–water partition coefficient (Wildman–Crippen LogP) is 2.74. The Morgan fingerprint density at radius 1 is 1.15 bits per heavy atom. The Labute approximate surface area is 118 Å².